The number of benzene rings is 1. The van der Waals surface area contributed by atoms with Crippen molar-refractivity contribution in [2.75, 3.05) is 32.2 Å². The molecule has 136 valence electrons. The molecule has 6 heteroatoms. The molecule has 1 heterocycles. The molecule has 0 atom stereocenters. The van der Waals surface area contributed by atoms with E-state index in [1.165, 1.54) is 5.56 Å². The average molecular weight is 362 g/mol. The lowest BCUT2D eigenvalue weighted by atomic mass is 10.1. The number of aryl methyl sites for hydroxylation is 1. The van der Waals surface area contributed by atoms with Crippen molar-refractivity contribution in [1.29, 1.82) is 0 Å². The van der Waals surface area contributed by atoms with Crippen LogP contribution >= 0.6 is 11.8 Å². The van der Waals surface area contributed by atoms with Crippen LogP contribution in [0.15, 0.2) is 46.0 Å². The molecule has 0 fully saturated rings. The number of nitrogens with zero attached hydrogens (tertiary/aromatic N) is 1. The van der Waals surface area contributed by atoms with Gasteiger partial charge in [-0.05, 0) is 48.6 Å². The van der Waals surface area contributed by atoms with E-state index in [9.17, 15) is 0 Å². The first-order valence-electron chi connectivity index (χ1n) is 8.39. The Morgan fingerprint density at radius 3 is 2.80 bits per heavy atom. The van der Waals surface area contributed by atoms with Crippen molar-refractivity contribution in [3.8, 4) is 5.75 Å². The zero-order chi connectivity index (χ0) is 17.9. The molecule has 0 aliphatic rings. The highest BCUT2D eigenvalue weighted by atomic mass is 32.2. The minimum Gasteiger partial charge on any atom is -0.497 e. The standard InChI is InChI=1S/C19H27N3O2S/c1-15-11-16(13-18(12-15)23-2)14-22-19(21-8-10-25-3)20-7-6-17-5-4-9-24-17/h4-5,9,11-13H,6-8,10,14H2,1-3H3,(H2,20,21,22). The maximum Gasteiger partial charge on any atom is 0.191 e. The third-order valence-electron chi connectivity index (χ3n) is 3.61. The summed E-state index contributed by atoms with van der Waals surface area (Å²) < 4.78 is 10.7. The second kappa shape index (κ2) is 10.7. The van der Waals surface area contributed by atoms with Crippen molar-refractivity contribution in [3.05, 3.63) is 53.5 Å². The Bertz CT molecular complexity index is 657. The van der Waals surface area contributed by atoms with Gasteiger partial charge in [0.05, 0.1) is 19.9 Å². The summed E-state index contributed by atoms with van der Waals surface area (Å²) in [5.74, 6) is 3.70. The third-order valence-corrected chi connectivity index (χ3v) is 4.22. The molecule has 1 aromatic carbocycles. The molecule has 0 radical (unpaired) electrons. The van der Waals surface area contributed by atoms with Gasteiger partial charge in [-0.1, -0.05) is 6.07 Å². The zero-order valence-electron chi connectivity index (χ0n) is 15.2. The van der Waals surface area contributed by atoms with E-state index in [1.807, 2.05) is 36.0 Å². The molecule has 2 N–H and O–H groups in total. The van der Waals surface area contributed by atoms with Crippen molar-refractivity contribution in [1.82, 2.24) is 10.6 Å². The van der Waals surface area contributed by atoms with Crippen molar-refractivity contribution in [2.45, 2.75) is 19.9 Å². The average Bonchev–Trinajstić information content (AvgIpc) is 3.12. The molecule has 5 nitrogen and oxygen atoms in total. The predicted molar refractivity (Wildman–Crippen MR) is 106 cm³/mol. The van der Waals surface area contributed by atoms with E-state index in [-0.39, 0.29) is 0 Å². The molecule has 0 aliphatic carbocycles. The van der Waals surface area contributed by atoms with E-state index >= 15 is 0 Å². The van der Waals surface area contributed by atoms with Gasteiger partial charge in [-0.25, -0.2) is 4.99 Å². The summed E-state index contributed by atoms with van der Waals surface area (Å²) in [6.07, 6.45) is 4.63. The maximum absolute atomic E-state index is 5.36. The second-order valence-corrected chi connectivity index (χ2v) is 6.68. The fourth-order valence-electron chi connectivity index (χ4n) is 2.41. The molecule has 0 spiro atoms. The van der Waals surface area contributed by atoms with E-state index in [0.717, 1.165) is 48.3 Å². The summed E-state index contributed by atoms with van der Waals surface area (Å²) in [4.78, 5) is 4.70. The molecule has 2 aromatic rings. The number of rotatable bonds is 9. The van der Waals surface area contributed by atoms with Crippen molar-refractivity contribution >= 4 is 17.7 Å². The fraction of sp³-hybridized carbons (Fsp3) is 0.421. The third kappa shape index (κ3) is 7.13. The quantitative estimate of drug-likeness (QED) is 0.408. The number of hydrogen-bond acceptors (Lipinski definition) is 4. The number of furan rings is 1. The molecule has 0 aliphatic heterocycles. The lowest BCUT2D eigenvalue weighted by Crippen LogP contribution is -2.39. The highest BCUT2D eigenvalue weighted by Crippen LogP contribution is 2.17. The number of thioether (sulfide) groups is 1. The van der Waals surface area contributed by atoms with Crippen LogP contribution in [0.2, 0.25) is 0 Å². The Morgan fingerprint density at radius 1 is 1.24 bits per heavy atom. The monoisotopic (exact) mass is 361 g/mol. The predicted octanol–water partition coefficient (Wildman–Crippen LogP) is 3.24. The summed E-state index contributed by atoms with van der Waals surface area (Å²) in [5, 5.41) is 6.74. The number of nitrogens with one attached hydrogen (secondary N) is 2. The smallest absolute Gasteiger partial charge is 0.191 e. The molecule has 0 saturated carbocycles. The summed E-state index contributed by atoms with van der Waals surface area (Å²) >= 11 is 1.81. The second-order valence-electron chi connectivity index (χ2n) is 5.70. The lowest BCUT2D eigenvalue weighted by molar-refractivity contribution is 0.414. The van der Waals surface area contributed by atoms with Crippen LogP contribution in [0.1, 0.15) is 16.9 Å². The summed E-state index contributed by atoms with van der Waals surface area (Å²) in [6.45, 7) is 4.32. The molecule has 0 bridgehead atoms. The van der Waals surface area contributed by atoms with Crippen molar-refractivity contribution in [2.24, 2.45) is 4.99 Å². The largest absolute Gasteiger partial charge is 0.497 e. The Labute approximate surface area is 154 Å². The number of hydrogen-bond donors (Lipinski definition) is 2. The van der Waals surface area contributed by atoms with Crippen LogP contribution in [0.5, 0.6) is 5.75 Å². The molecule has 25 heavy (non-hydrogen) atoms. The van der Waals surface area contributed by atoms with Crippen LogP contribution in [-0.2, 0) is 13.0 Å². The molecule has 0 amide bonds. The Hall–Kier alpha value is -2.08. The van der Waals surface area contributed by atoms with Gasteiger partial charge in [-0.3, -0.25) is 0 Å². The van der Waals surface area contributed by atoms with Crippen LogP contribution in [0, 0.1) is 6.92 Å². The minimum absolute atomic E-state index is 0.605. The molecule has 2 rings (SSSR count). The lowest BCUT2D eigenvalue weighted by Gasteiger charge is -2.12. The van der Waals surface area contributed by atoms with Crippen LogP contribution in [0.4, 0.5) is 0 Å². The van der Waals surface area contributed by atoms with E-state index in [2.05, 4.69) is 29.9 Å². The summed E-state index contributed by atoms with van der Waals surface area (Å²) in [6, 6.07) is 10.1. The minimum atomic E-state index is 0.605. The molecule has 1 aromatic heterocycles. The Morgan fingerprint density at radius 2 is 2.08 bits per heavy atom. The Balaban J connectivity index is 1.95. The van der Waals surface area contributed by atoms with Gasteiger partial charge in [0.2, 0.25) is 0 Å². The topological polar surface area (TPSA) is 58.8 Å². The van der Waals surface area contributed by atoms with Crippen LogP contribution in [0.3, 0.4) is 0 Å². The first-order valence-corrected chi connectivity index (χ1v) is 9.78. The number of aliphatic imine (C=N–C) groups is 1. The van der Waals surface area contributed by atoms with Gasteiger partial charge in [-0.15, -0.1) is 0 Å². The van der Waals surface area contributed by atoms with Crippen molar-refractivity contribution in [3.63, 3.8) is 0 Å². The van der Waals surface area contributed by atoms with Gasteiger partial charge >= 0.3 is 0 Å². The fourth-order valence-corrected chi connectivity index (χ4v) is 2.71. The van der Waals surface area contributed by atoms with Gasteiger partial charge < -0.3 is 19.8 Å². The van der Waals surface area contributed by atoms with Crippen LogP contribution in [-0.4, -0.2) is 38.2 Å². The van der Waals surface area contributed by atoms with Crippen LogP contribution < -0.4 is 15.4 Å². The highest BCUT2D eigenvalue weighted by molar-refractivity contribution is 7.98. The molecular formula is C19H27N3O2S. The Kier molecular flexibility index (Phi) is 8.25. The van der Waals surface area contributed by atoms with Gasteiger partial charge in [0.25, 0.3) is 0 Å². The number of guanidine groups is 1. The van der Waals surface area contributed by atoms with E-state index in [0.29, 0.717) is 6.54 Å². The molecular weight excluding hydrogens is 334 g/mol. The maximum atomic E-state index is 5.36. The van der Waals surface area contributed by atoms with Gasteiger partial charge in [0.15, 0.2) is 5.96 Å². The van der Waals surface area contributed by atoms with Gasteiger partial charge in [0, 0.05) is 25.3 Å². The zero-order valence-corrected chi connectivity index (χ0v) is 16.0. The van der Waals surface area contributed by atoms with Crippen LogP contribution in [0.25, 0.3) is 0 Å². The number of methoxy groups -OCH3 is 1. The van der Waals surface area contributed by atoms with E-state index in [4.69, 9.17) is 14.1 Å². The summed E-state index contributed by atoms with van der Waals surface area (Å²) in [7, 11) is 1.69. The van der Waals surface area contributed by atoms with E-state index < -0.39 is 0 Å². The SMILES string of the molecule is COc1cc(C)cc(CN=C(NCCSC)NCCc2ccco2)c1. The van der Waals surface area contributed by atoms with Gasteiger partial charge in [0.1, 0.15) is 11.5 Å². The normalized spacial score (nSPS) is 11.4. The van der Waals surface area contributed by atoms with Crippen molar-refractivity contribution < 1.29 is 9.15 Å². The summed E-state index contributed by atoms with van der Waals surface area (Å²) in [5.41, 5.74) is 2.31. The van der Waals surface area contributed by atoms with Gasteiger partial charge in [-0.2, -0.15) is 11.8 Å². The first kappa shape index (κ1) is 19.2. The molecule has 0 unspecified atom stereocenters. The first-order chi connectivity index (χ1) is 12.2. The van der Waals surface area contributed by atoms with E-state index in [1.54, 1.807) is 13.4 Å². The highest BCUT2D eigenvalue weighted by Gasteiger charge is 2.02. The molecule has 0 saturated heterocycles. The number of ether oxygens (including phenoxy) is 1.